The molecule has 0 saturated carbocycles. The molecule has 152 valence electrons. The van der Waals surface area contributed by atoms with E-state index in [1.165, 1.54) is 7.11 Å². The first kappa shape index (κ1) is 19.5. The van der Waals surface area contributed by atoms with E-state index in [9.17, 15) is 9.59 Å². The number of methoxy groups -OCH3 is 1. The van der Waals surface area contributed by atoms with Crippen LogP contribution in [-0.2, 0) is 20.8 Å². The zero-order valence-corrected chi connectivity index (χ0v) is 16.5. The molecule has 0 N–H and O–H groups in total. The van der Waals surface area contributed by atoms with E-state index in [0.717, 1.165) is 30.4 Å². The predicted octanol–water partition coefficient (Wildman–Crippen LogP) is 3.50. The van der Waals surface area contributed by atoms with Crippen LogP contribution in [0.3, 0.4) is 0 Å². The number of carbonyl (C=O) groups is 2. The molecule has 0 bridgehead atoms. The van der Waals surface area contributed by atoms with Crippen LogP contribution in [0.15, 0.2) is 48.5 Å². The highest BCUT2D eigenvalue weighted by Crippen LogP contribution is 2.34. The van der Waals surface area contributed by atoms with Crippen LogP contribution in [0.4, 0.5) is 0 Å². The molecular formula is C23H25NO5. The van der Waals surface area contributed by atoms with E-state index in [0.29, 0.717) is 31.1 Å². The van der Waals surface area contributed by atoms with Gasteiger partial charge in [0.2, 0.25) is 0 Å². The summed E-state index contributed by atoms with van der Waals surface area (Å²) in [4.78, 5) is 27.1. The monoisotopic (exact) mass is 395 g/mol. The van der Waals surface area contributed by atoms with Gasteiger partial charge in [-0.05, 0) is 37.0 Å². The van der Waals surface area contributed by atoms with Crippen molar-refractivity contribution in [3.8, 4) is 5.75 Å². The molecule has 2 atom stereocenters. The molecule has 0 aliphatic carbocycles. The van der Waals surface area contributed by atoms with E-state index in [2.05, 4.69) is 0 Å². The summed E-state index contributed by atoms with van der Waals surface area (Å²) in [5.74, 6) is 0.185. The maximum atomic E-state index is 13.4. The second-order valence-corrected chi connectivity index (χ2v) is 7.37. The minimum absolute atomic E-state index is 0.00736. The Morgan fingerprint density at radius 1 is 1.10 bits per heavy atom. The van der Waals surface area contributed by atoms with E-state index in [1.54, 1.807) is 12.1 Å². The van der Waals surface area contributed by atoms with Gasteiger partial charge in [0.15, 0.2) is 0 Å². The molecule has 1 saturated heterocycles. The fraction of sp³-hybridized carbons (Fsp3) is 0.391. The van der Waals surface area contributed by atoms with Crippen LogP contribution in [0.25, 0.3) is 0 Å². The predicted molar refractivity (Wildman–Crippen MR) is 107 cm³/mol. The highest BCUT2D eigenvalue weighted by Gasteiger charge is 2.35. The first-order chi connectivity index (χ1) is 14.2. The topological polar surface area (TPSA) is 65.1 Å². The minimum atomic E-state index is -0.413. The Kier molecular flexibility index (Phi) is 5.81. The average Bonchev–Trinajstić information content (AvgIpc) is 2.98. The number of rotatable bonds is 3. The molecule has 2 heterocycles. The maximum Gasteiger partial charge on any atom is 0.337 e. The quantitative estimate of drug-likeness (QED) is 0.744. The lowest BCUT2D eigenvalue weighted by Crippen LogP contribution is -2.44. The lowest BCUT2D eigenvalue weighted by molar-refractivity contribution is -0.150. The van der Waals surface area contributed by atoms with Gasteiger partial charge in [-0.25, -0.2) is 4.79 Å². The van der Waals surface area contributed by atoms with Crippen molar-refractivity contribution in [1.29, 1.82) is 0 Å². The normalized spacial score (nSPS) is 21.5. The van der Waals surface area contributed by atoms with Crippen LogP contribution in [0.2, 0.25) is 0 Å². The lowest BCUT2D eigenvalue weighted by atomic mass is 10.0. The highest BCUT2D eigenvalue weighted by atomic mass is 16.5. The molecule has 2 aromatic carbocycles. The smallest absolute Gasteiger partial charge is 0.337 e. The second-order valence-electron chi connectivity index (χ2n) is 7.37. The molecule has 1 fully saturated rings. The Balaban J connectivity index is 1.68. The summed E-state index contributed by atoms with van der Waals surface area (Å²) in [5, 5.41) is 0. The van der Waals surface area contributed by atoms with Gasteiger partial charge in [0.25, 0.3) is 5.91 Å². The molecule has 1 amide bonds. The van der Waals surface area contributed by atoms with E-state index in [4.69, 9.17) is 14.2 Å². The standard InChI is InChI=1S/C23H25NO5/c1-27-23(26)17-10-11-18-14-24(22(25)20-9-5-6-12-28-20)19(15-29-21(18)13-17)16-7-3-2-4-8-16/h2-4,7-8,10-11,13,19-20H,5-6,9,12,14-15H2,1H3/t19-,20+/m1/s1. The number of benzene rings is 2. The zero-order valence-electron chi connectivity index (χ0n) is 16.5. The molecule has 2 aromatic rings. The van der Waals surface area contributed by atoms with Crippen molar-refractivity contribution in [2.45, 2.75) is 38.0 Å². The third kappa shape index (κ3) is 4.12. The van der Waals surface area contributed by atoms with E-state index >= 15 is 0 Å². The first-order valence-electron chi connectivity index (χ1n) is 9.98. The van der Waals surface area contributed by atoms with Crippen LogP contribution < -0.4 is 4.74 Å². The van der Waals surface area contributed by atoms with Crippen LogP contribution >= 0.6 is 0 Å². The Morgan fingerprint density at radius 2 is 1.93 bits per heavy atom. The van der Waals surface area contributed by atoms with Crippen molar-refractivity contribution in [1.82, 2.24) is 4.90 Å². The average molecular weight is 395 g/mol. The van der Waals surface area contributed by atoms with Crippen molar-refractivity contribution in [2.24, 2.45) is 0 Å². The number of ether oxygens (including phenoxy) is 3. The van der Waals surface area contributed by atoms with Crippen molar-refractivity contribution in [3.63, 3.8) is 0 Å². The molecule has 0 spiro atoms. The van der Waals surface area contributed by atoms with Crippen LogP contribution in [-0.4, -0.2) is 43.2 Å². The number of fused-ring (bicyclic) bond motifs is 1. The Morgan fingerprint density at radius 3 is 2.66 bits per heavy atom. The van der Waals surface area contributed by atoms with Crippen LogP contribution in [0.1, 0.15) is 46.8 Å². The van der Waals surface area contributed by atoms with E-state index in [1.807, 2.05) is 41.3 Å². The SMILES string of the molecule is COC(=O)c1ccc2c(c1)OC[C@H](c1ccccc1)N(C(=O)[C@@H]1CCCCO1)C2. The number of carbonyl (C=O) groups excluding carboxylic acids is 2. The minimum Gasteiger partial charge on any atom is -0.491 e. The van der Waals surface area contributed by atoms with Gasteiger partial charge in [0, 0.05) is 12.2 Å². The molecule has 29 heavy (non-hydrogen) atoms. The van der Waals surface area contributed by atoms with Gasteiger partial charge in [-0.15, -0.1) is 0 Å². The molecule has 0 unspecified atom stereocenters. The largest absolute Gasteiger partial charge is 0.491 e. The van der Waals surface area contributed by atoms with Gasteiger partial charge in [0.05, 0.1) is 25.3 Å². The first-order valence-corrected chi connectivity index (χ1v) is 9.98. The Hall–Kier alpha value is -2.86. The highest BCUT2D eigenvalue weighted by molar-refractivity contribution is 5.90. The van der Waals surface area contributed by atoms with Gasteiger partial charge in [-0.3, -0.25) is 4.79 Å². The van der Waals surface area contributed by atoms with E-state index < -0.39 is 12.1 Å². The van der Waals surface area contributed by atoms with Gasteiger partial charge in [-0.2, -0.15) is 0 Å². The molecule has 4 rings (SSSR count). The summed E-state index contributed by atoms with van der Waals surface area (Å²) in [5.41, 5.74) is 2.30. The summed E-state index contributed by atoms with van der Waals surface area (Å²) < 4.78 is 16.7. The summed E-state index contributed by atoms with van der Waals surface area (Å²) >= 11 is 0. The Bertz CT molecular complexity index is 876. The number of hydrogen-bond donors (Lipinski definition) is 0. The van der Waals surface area contributed by atoms with Crippen molar-refractivity contribution in [2.75, 3.05) is 20.3 Å². The van der Waals surface area contributed by atoms with Gasteiger partial charge >= 0.3 is 5.97 Å². The fourth-order valence-corrected chi connectivity index (χ4v) is 3.92. The zero-order chi connectivity index (χ0) is 20.2. The maximum absolute atomic E-state index is 13.4. The molecular weight excluding hydrogens is 370 g/mol. The molecule has 2 aliphatic heterocycles. The summed E-state index contributed by atoms with van der Waals surface area (Å²) in [7, 11) is 1.35. The molecule has 0 aromatic heterocycles. The summed E-state index contributed by atoms with van der Waals surface area (Å²) in [6.45, 7) is 1.32. The lowest BCUT2D eigenvalue weighted by Gasteiger charge is -2.33. The summed E-state index contributed by atoms with van der Waals surface area (Å²) in [6.07, 6.45) is 2.32. The van der Waals surface area contributed by atoms with Crippen molar-refractivity contribution < 1.29 is 23.8 Å². The molecule has 2 aliphatic rings. The number of nitrogens with zero attached hydrogens (tertiary/aromatic N) is 1. The third-order valence-electron chi connectivity index (χ3n) is 5.52. The van der Waals surface area contributed by atoms with Gasteiger partial charge in [-0.1, -0.05) is 36.4 Å². The number of esters is 1. The Labute approximate surface area is 170 Å². The molecule has 0 radical (unpaired) electrons. The number of hydrogen-bond acceptors (Lipinski definition) is 5. The second kappa shape index (κ2) is 8.66. The van der Waals surface area contributed by atoms with E-state index in [-0.39, 0.29) is 11.9 Å². The fourth-order valence-electron chi connectivity index (χ4n) is 3.92. The third-order valence-corrected chi connectivity index (χ3v) is 5.52. The molecule has 6 heteroatoms. The van der Waals surface area contributed by atoms with Gasteiger partial charge in [0.1, 0.15) is 18.5 Å². The van der Waals surface area contributed by atoms with Crippen molar-refractivity contribution in [3.05, 3.63) is 65.2 Å². The molecule has 6 nitrogen and oxygen atoms in total. The van der Waals surface area contributed by atoms with Crippen molar-refractivity contribution >= 4 is 11.9 Å². The van der Waals surface area contributed by atoms with Gasteiger partial charge < -0.3 is 19.1 Å². The number of amides is 1. The van der Waals surface area contributed by atoms with Crippen LogP contribution in [0, 0.1) is 0 Å². The summed E-state index contributed by atoms with van der Waals surface area (Å²) in [6, 6.07) is 14.9. The van der Waals surface area contributed by atoms with Crippen LogP contribution in [0.5, 0.6) is 5.75 Å².